The molecule has 1 aromatic carbocycles. The molecule has 1 amide bonds. The summed E-state index contributed by atoms with van der Waals surface area (Å²) >= 11 is 0. The average molecular weight is 298 g/mol. The smallest absolute Gasteiger partial charge is 0.246 e. The molecule has 1 aromatic heterocycles. The van der Waals surface area contributed by atoms with Crippen LogP contribution in [0.1, 0.15) is 39.1 Å². The fraction of sp³-hybridized carbons (Fsp3) is 0.471. The van der Waals surface area contributed by atoms with Gasteiger partial charge in [0.25, 0.3) is 0 Å². The number of rotatable bonds is 4. The van der Waals surface area contributed by atoms with Crippen LogP contribution < -0.4 is 0 Å². The number of benzene rings is 1. The maximum absolute atomic E-state index is 12.8. The van der Waals surface area contributed by atoms with Crippen molar-refractivity contribution in [3.8, 4) is 11.4 Å². The summed E-state index contributed by atoms with van der Waals surface area (Å²) in [5, 5.41) is 8.71. The Morgan fingerprint density at radius 2 is 1.95 bits per heavy atom. The Balaban J connectivity index is 2.09. The van der Waals surface area contributed by atoms with Gasteiger partial charge in [-0.2, -0.15) is 0 Å². The van der Waals surface area contributed by atoms with E-state index in [-0.39, 0.29) is 11.9 Å². The van der Waals surface area contributed by atoms with Gasteiger partial charge in [-0.3, -0.25) is 9.36 Å². The molecule has 116 valence electrons. The molecule has 0 saturated carbocycles. The Bertz CT molecular complexity index is 663. The second-order valence-corrected chi connectivity index (χ2v) is 6.17. The standard InChI is InChI=1S/C17H22N4O/c1-4-20-11-15-18-19-16(13-8-6-5-7-9-13)21(15)14(17(20)22)10-12(2)3/h5-9,12,14H,4,10-11H2,1-3H3/t14-/m0/s1. The SMILES string of the molecule is CCN1Cc2nnc(-c3ccccc3)n2[C@@H](CC(C)C)C1=O. The van der Waals surface area contributed by atoms with Gasteiger partial charge in [0.15, 0.2) is 11.6 Å². The highest BCUT2D eigenvalue weighted by molar-refractivity contribution is 5.82. The Hall–Kier alpha value is -2.17. The molecule has 0 aliphatic carbocycles. The Labute approximate surface area is 131 Å². The number of fused-ring (bicyclic) bond motifs is 1. The zero-order chi connectivity index (χ0) is 15.7. The molecule has 0 bridgehead atoms. The van der Waals surface area contributed by atoms with Crippen LogP contribution in [-0.2, 0) is 11.3 Å². The summed E-state index contributed by atoms with van der Waals surface area (Å²) in [6.07, 6.45) is 0.806. The van der Waals surface area contributed by atoms with Crippen molar-refractivity contribution in [2.75, 3.05) is 6.54 Å². The molecule has 1 atom stereocenters. The van der Waals surface area contributed by atoms with Crippen LogP contribution in [-0.4, -0.2) is 32.1 Å². The predicted molar refractivity (Wildman–Crippen MR) is 85.0 cm³/mol. The molecule has 2 heterocycles. The molecule has 5 heteroatoms. The third-order valence-electron chi connectivity index (χ3n) is 4.12. The monoisotopic (exact) mass is 298 g/mol. The average Bonchev–Trinajstić information content (AvgIpc) is 2.94. The fourth-order valence-corrected chi connectivity index (χ4v) is 3.03. The fourth-order valence-electron chi connectivity index (χ4n) is 3.03. The summed E-state index contributed by atoms with van der Waals surface area (Å²) in [5.41, 5.74) is 1.01. The van der Waals surface area contributed by atoms with Crippen LogP contribution in [0.25, 0.3) is 11.4 Å². The van der Waals surface area contributed by atoms with E-state index in [0.29, 0.717) is 19.0 Å². The molecule has 1 aliphatic heterocycles. The molecule has 0 N–H and O–H groups in total. The van der Waals surface area contributed by atoms with Crippen molar-refractivity contribution in [2.45, 2.75) is 39.8 Å². The highest BCUT2D eigenvalue weighted by Crippen LogP contribution is 2.31. The van der Waals surface area contributed by atoms with Crippen LogP contribution in [0, 0.1) is 5.92 Å². The van der Waals surface area contributed by atoms with Crippen LogP contribution in [0.3, 0.4) is 0 Å². The largest absolute Gasteiger partial charge is 0.334 e. The van der Waals surface area contributed by atoms with Gasteiger partial charge in [-0.05, 0) is 19.3 Å². The number of nitrogens with zero attached hydrogens (tertiary/aromatic N) is 4. The van der Waals surface area contributed by atoms with E-state index in [0.717, 1.165) is 23.6 Å². The lowest BCUT2D eigenvalue weighted by atomic mass is 10.00. The van der Waals surface area contributed by atoms with Gasteiger partial charge in [-0.25, -0.2) is 0 Å². The lowest BCUT2D eigenvalue weighted by molar-refractivity contribution is -0.137. The third-order valence-corrected chi connectivity index (χ3v) is 4.12. The second kappa shape index (κ2) is 5.91. The Morgan fingerprint density at radius 1 is 1.23 bits per heavy atom. The van der Waals surface area contributed by atoms with Gasteiger partial charge in [0, 0.05) is 12.1 Å². The van der Waals surface area contributed by atoms with E-state index >= 15 is 0 Å². The molecular formula is C17H22N4O. The molecule has 0 unspecified atom stereocenters. The number of amides is 1. The van der Waals surface area contributed by atoms with Crippen molar-refractivity contribution in [3.63, 3.8) is 0 Å². The van der Waals surface area contributed by atoms with Gasteiger partial charge in [-0.1, -0.05) is 44.2 Å². The van der Waals surface area contributed by atoms with Crippen LogP contribution in [0.15, 0.2) is 30.3 Å². The summed E-state index contributed by atoms with van der Waals surface area (Å²) < 4.78 is 2.05. The Kier molecular flexibility index (Phi) is 3.96. The highest BCUT2D eigenvalue weighted by atomic mass is 16.2. The van der Waals surface area contributed by atoms with Gasteiger partial charge >= 0.3 is 0 Å². The molecule has 0 radical (unpaired) electrons. The zero-order valence-electron chi connectivity index (χ0n) is 13.4. The summed E-state index contributed by atoms with van der Waals surface area (Å²) in [6, 6.07) is 9.77. The molecule has 22 heavy (non-hydrogen) atoms. The number of carbonyl (C=O) groups excluding carboxylic acids is 1. The van der Waals surface area contributed by atoms with Crippen LogP contribution in [0.4, 0.5) is 0 Å². The van der Waals surface area contributed by atoms with Crippen LogP contribution >= 0.6 is 0 Å². The maximum Gasteiger partial charge on any atom is 0.246 e. The molecular weight excluding hydrogens is 276 g/mol. The van der Waals surface area contributed by atoms with Crippen molar-refractivity contribution < 1.29 is 4.79 Å². The normalized spacial score (nSPS) is 17.9. The molecule has 0 fully saturated rings. The van der Waals surface area contributed by atoms with Crippen molar-refractivity contribution in [3.05, 3.63) is 36.2 Å². The molecule has 0 spiro atoms. The Morgan fingerprint density at radius 3 is 2.59 bits per heavy atom. The second-order valence-electron chi connectivity index (χ2n) is 6.17. The quantitative estimate of drug-likeness (QED) is 0.872. The lowest BCUT2D eigenvalue weighted by Gasteiger charge is -2.34. The van der Waals surface area contributed by atoms with Gasteiger partial charge in [0.2, 0.25) is 5.91 Å². The van der Waals surface area contributed by atoms with E-state index in [1.807, 2.05) is 46.7 Å². The molecule has 5 nitrogen and oxygen atoms in total. The van der Waals surface area contributed by atoms with Crippen LogP contribution in [0.5, 0.6) is 0 Å². The van der Waals surface area contributed by atoms with Crippen molar-refractivity contribution >= 4 is 5.91 Å². The number of hydrogen-bond acceptors (Lipinski definition) is 3. The molecule has 0 saturated heterocycles. The van der Waals surface area contributed by atoms with Gasteiger partial charge < -0.3 is 4.90 Å². The minimum atomic E-state index is -0.200. The molecule has 2 aromatic rings. The number of aromatic nitrogens is 3. The van der Waals surface area contributed by atoms with E-state index in [1.54, 1.807) is 0 Å². The first-order valence-corrected chi connectivity index (χ1v) is 7.89. The topological polar surface area (TPSA) is 51.0 Å². The minimum absolute atomic E-state index is 0.181. The third kappa shape index (κ3) is 2.51. The first-order valence-electron chi connectivity index (χ1n) is 7.89. The summed E-state index contributed by atoms with van der Waals surface area (Å²) in [6.45, 7) is 7.55. The summed E-state index contributed by atoms with van der Waals surface area (Å²) in [7, 11) is 0. The van der Waals surface area contributed by atoms with Crippen LogP contribution in [0.2, 0.25) is 0 Å². The van der Waals surface area contributed by atoms with E-state index < -0.39 is 0 Å². The summed E-state index contributed by atoms with van der Waals surface area (Å²) in [5.74, 6) is 2.29. The van der Waals surface area contributed by atoms with E-state index in [2.05, 4.69) is 24.0 Å². The lowest BCUT2D eigenvalue weighted by Crippen LogP contribution is -2.43. The van der Waals surface area contributed by atoms with Crippen molar-refractivity contribution in [1.29, 1.82) is 0 Å². The highest BCUT2D eigenvalue weighted by Gasteiger charge is 2.35. The molecule has 3 rings (SSSR count). The predicted octanol–water partition coefficient (Wildman–Crippen LogP) is 2.89. The first-order chi connectivity index (χ1) is 10.6. The van der Waals surface area contributed by atoms with Gasteiger partial charge in [0.05, 0.1) is 6.54 Å². The van der Waals surface area contributed by atoms with Gasteiger partial charge in [0.1, 0.15) is 6.04 Å². The zero-order valence-corrected chi connectivity index (χ0v) is 13.4. The van der Waals surface area contributed by atoms with Crippen molar-refractivity contribution in [2.24, 2.45) is 5.92 Å². The molecule has 1 aliphatic rings. The first kappa shape index (κ1) is 14.8. The van der Waals surface area contributed by atoms with E-state index in [4.69, 9.17) is 0 Å². The number of carbonyl (C=O) groups is 1. The minimum Gasteiger partial charge on any atom is -0.334 e. The van der Waals surface area contributed by atoms with Gasteiger partial charge in [-0.15, -0.1) is 10.2 Å². The maximum atomic E-state index is 12.8. The van der Waals surface area contributed by atoms with Crippen molar-refractivity contribution in [1.82, 2.24) is 19.7 Å². The number of hydrogen-bond donors (Lipinski definition) is 0. The van der Waals surface area contributed by atoms with E-state index in [9.17, 15) is 4.79 Å². The number of likely N-dealkylation sites (N-methyl/N-ethyl adjacent to an activating group) is 1. The summed E-state index contributed by atoms with van der Waals surface area (Å²) in [4.78, 5) is 14.7. The van der Waals surface area contributed by atoms with E-state index in [1.165, 1.54) is 0 Å².